The van der Waals surface area contributed by atoms with E-state index in [-0.39, 0.29) is 24.2 Å². The van der Waals surface area contributed by atoms with Crippen molar-refractivity contribution in [2.75, 3.05) is 18.5 Å². The Morgan fingerprint density at radius 1 is 1.48 bits per heavy atom. The second-order valence-corrected chi connectivity index (χ2v) is 5.50. The van der Waals surface area contributed by atoms with Crippen LogP contribution >= 0.6 is 12.4 Å². The number of amides is 1. The third-order valence-corrected chi connectivity index (χ3v) is 3.69. The molecule has 2 N–H and O–H groups in total. The first-order valence-electron chi connectivity index (χ1n) is 7.38. The number of anilines is 1. The monoisotopic (exact) mass is 312 g/mol. The van der Waals surface area contributed by atoms with Crippen LogP contribution in [0.5, 0.6) is 5.75 Å². The van der Waals surface area contributed by atoms with Gasteiger partial charge in [0.05, 0.1) is 12.3 Å². The summed E-state index contributed by atoms with van der Waals surface area (Å²) in [4.78, 5) is 12.4. The minimum Gasteiger partial charge on any atom is -0.492 e. The number of hydrogen-bond acceptors (Lipinski definition) is 3. The standard InChI is InChI=1S/C16H24N2O2.ClH/c1-4-20-15-9-11(2)5-6-14(15)18-16(19)13-7-8-17-12(3)10-13;/h5-6,9,12-13,17H,4,7-8,10H2,1-3H3,(H,18,19);1H/t12-,13-;/m0./s1. The average Bonchev–Trinajstić information content (AvgIpc) is 2.42. The highest BCUT2D eigenvalue weighted by atomic mass is 35.5. The molecule has 2 rings (SSSR count). The van der Waals surface area contributed by atoms with Crippen LogP contribution in [0.3, 0.4) is 0 Å². The minimum absolute atomic E-state index is 0. The van der Waals surface area contributed by atoms with Gasteiger partial charge in [-0.3, -0.25) is 4.79 Å². The van der Waals surface area contributed by atoms with Crippen LogP contribution in [0.2, 0.25) is 0 Å². The van der Waals surface area contributed by atoms with Gasteiger partial charge in [0.1, 0.15) is 5.75 Å². The van der Waals surface area contributed by atoms with E-state index in [2.05, 4.69) is 17.6 Å². The van der Waals surface area contributed by atoms with Gasteiger partial charge in [-0.1, -0.05) is 6.07 Å². The van der Waals surface area contributed by atoms with Crippen molar-refractivity contribution in [1.29, 1.82) is 0 Å². The van der Waals surface area contributed by atoms with Gasteiger partial charge in [0.2, 0.25) is 5.91 Å². The number of nitrogens with one attached hydrogen (secondary N) is 2. The van der Waals surface area contributed by atoms with Crippen molar-refractivity contribution in [2.24, 2.45) is 5.92 Å². The fraction of sp³-hybridized carbons (Fsp3) is 0.562. The van der Waals surface area contributed by atoms with Crippen molar-refractivity contribution in [2.45, 2.75) is 39.7 Å². The van der Waals surface area contributed by atoms with Crippen molar-refractivity contribution in [3.8, 4) is 5.75 Å². The zero-order chi connectivity index (χ0) is 14.5. The van der Waals surface area contributed by atoms with Crippen molar-refractivity contribution in [3.05, 3.63) is 23.8 Å². The van der Waals surface area contributed by atoms with Crippen LogP contribution in [0.4, 0.5) is 5.69 Å². The number of hydrogen-bond donors (Lipinski definition) is 2. The summed E-state index contributed by atoms with van der Waals surface area (Å²) in [6.45, 7) is 7.59. The van der Waals surface area contributed by atoms with E-state index in [1.807, 2.05) is 32.0 Å². The highest BCUT2D eigenvalue weighted by molar-refractivity contribution is 5.94. The van der Waals surface area contributed by atoms with Crippen LogP contribution in [0.25, 0.3) is 0 Å². The van der Waals surface area contributed by atoms with Gasteiger partial charge in [-0.25, -0.2) is 0 Å². The maximum absolute atomic E-state index is 12.4. The maximum Gasteiger partial charge on any atom is 0.227 e. The van der Waals surface area contributed by atoms with Crippen LogP contribution in [0.15, 0.2) is 18.2 Å². The lowest BCUT2D eigenvalue weighted by atomic mass is 9.92. The van der Waals surface area contributed by atoms with E-state index in [0.717, 1.165) is 36.4 Å². The Hall–Kier alpha value is -1.26. The first kappa shape index (κ1) is 17.8. The quantitative estimate of drug-likeness (QED) is 0.898. The van der Waals surface area contributed by atoms with Gasteiger partial charge >= 0.3 is 0 Å². The van der Waals surface area contributed by atoms with Gasteiger partial charge < -0.3 is 15.4 Å². The fourth-order valence-electron chi connectivity index (χ4n) is 2.61. The summed E-state index contributed by atoms with van der Waals surface area (Å²) < 4.78 is 5.60. The van der Waals surface area contributed by atoms with Crippen molar-refractivity contribution < 1.29 is 9.53 Å². The molecule has 0 bridgehead atoms. The second-order valence-electron chi connectivity index (χ2n) is 5.50. The molecule has 2 atom stereocenters. The highest BCUT2D eigenvalue weighted by Crippen LogP contribution is 2.27. The van der Waals surface area contributed by atoms with E-state index in [1.165, 1.54) is 0 Å². The molecule has 1 fully saturated rings. The molecule has 0 saturated carbocycles. The molecule has 0 spiro atoms. The highest BCUT2D eigenvalue weighted by Gasteiger charge is 2.25. The topological polar surface area (TPSA) is 50.4 Å². The van der Waals surface area contributed by atoms with Gasteiger partial charge in [0.15, 0.2) is 0 Å². The maximum atomic E-state index is 12.4. The summed E-state index contributed by atoms with van der Waals surface area (Å²) in [7, 11) is 0. The lowest BCUT2D eigenvalue weighted by Gasteiger charge is -2.27. The lowest BCUT2D eigenvalue weighted by molar-refractivity contribution is -0.120. The van der Waals surface area contributed by atoms with Crippen molar-refractivity contribution >= 4 is 24.0 Å². The van der Waals surface area contributed by atoms with Gasteiger partial charge in [-0.15, -0.1) is 12.4 Å². The molecule has 0 aliphatic carbocycles. The molecule has 1 aromatic rings. The summed E-state index contributed by atoms with van der Waals surface area (Å²) in [5.74, 6) is 0.938. The second kappa shape index (κ2) is 8.25. The van der Waals surface area contributed by atoms with Crippen LogP contribution < -0.4 is 15.4 Å². The van der Waals surface area contributed by atoms with Gasteiger partial charge in [0, 0.05) is 12.0 Å². The van der Waals surface area contributed by atoms with Gasteiger partial charge in [0.25, 0.3) is 0 Å². The molecule has 1 aromatic carbocycles. The Morgan fingerprint density at radius 3 is 2.90 bits per heavy atom. The number of carbonyl (C=O) groups is 1. The molecule has 1 aliphatic rings. The van der Waals surface area contributed by atoms with Crippen molar-refractivity contribution in [1.82, 2.24) is 5.32 Å². The Labute approximate surface area is 133 Å². The summed E-state index contributed by atoms with van der Waals surface area (Å²) in [6.07, 6.45) is 1.79. The van der Waals surface area contributed by atoms with E-state index in [1.54, 1.807) is 0 Å². The predicted octanol–water partition coefficient (Wildman–Crippen LogP) is 3.14. The molecule has 118 valence electrons. The Bertz CT molecular complexity index is 479. The number of carbonyl (C=O) groups excluding carboxylic acids is 1. The molecule has 21 heavy (non-hydrogen) atoms. The van der Waals surface area contributed by atoms with E-state index >= 15 is 0 Å². The Kier molecular flexibility index (Phi) is 6.99. The SMILES string of the molecule is CCOc1cc(C)ccc1NC(=O)[C@H]1CCN[C@@H](C)C1.Cl. The molecule has 1 aliphatic heterocycles. The predicted molar refractivity (Wildman–Crippen MR) is 88.4 cm³/mol. The lowest BCUT2D eigenvalue weighted by Crippen LogP contribution is -2.40. The van der Waals surface area contributed by atoms with Crippen molar-refractivity contribution in [3.63, 3.8) is 0 Å². The largest absolute Gasteiger partial charge is 0.492 e. The number of benzene rings is 1. The molecular formula is C16H25ClN2O2. The summed E-state index contributed by atoms with van der Waals surface area (Å²) in [5, 5.41) is 6.39. The molecule has 0 aromatic heterocycles. The molecule has 0 unspecified atom stereocenters. The van der Waals surface area contributed by atoms with Crippen LogP contribution in [-0.4, -0.2) is 25.1 Å². The summed E-state index contributed by atoms with van der Waals surface area (Å²) in [5.41, 5.74) is 1.90. The first-order valence-corrected chi connectivity index (χ1v) is 7.38. The molecule has 1 saturated heterocycles. The third kappa shape index (κ3) is 4.90. The molecule has 0 radical (unpaired) electrons. The van der Waals surface area contributed by atoms with Gasteiger partial charge in [-0.2, -0.15) is 0 Å². The fourth-order valence-corrected chi connectivity index (χ4v) is 2.61. The average molecular weight is 313 g/mol. The Morgan fingerprint density at radius 2 is 2.24 bits per heavy atom. The normalized spacial score (nSPS) is 21.3. The first-order chi connectivity index (χ1) is 9.60. The van der Waals surface area contributed by atoms with E-state index < -0.39 is 0 Å². The van der Waals surface area contributed by atoms with Crippen LogP contribution in [0.1, 0.15) is 32.3 Å². The molecule has 4 nitrogen and oxygen atoms in total. The van der Waals surface area contributed by atoms with E-state index in [4.69, 9.17) is 4.74 Å². The summed E-state index contributed by atoms with van der Waals surface area (Å²) >= 11 is 0. The zero-order valence-electron chi connectivity index (χ0n) is 12.9. The number of ether oxygens (including phenoxy) is 1. The number of halogens is 1. The van der Waals surface area contributed by atoms with Crippen LogP contribution in [0, 0.1) is 12.8 Å². The smallest absolute Gasteiger partial charge is 0.227 e. The number of piperidine rings is 1. The molecule has 1 heterocycles. The van der Waals surface area contributed by atoms with E-state index in [9.17, 15) is 4.79 Å². The third-order valence-electron chi connectivity index (χ3n) is 3.69. The van der Waals surface area contributed by atoms with Gasteiger partial charge in [-0.05, 0) is 57.9 Å². The molecule has 5 heteroatoms. The summed E-state index contributed by atoms with van der Waals surface area (Å²) in [6, 6.07) is 6.28. The zero-order valence-corrected chi connectivity index (χ0v) is 13.8. The number of aryl methyl sites for hydroxylation is 1. The molecular weight excluding hydrogens is 288 g/mol. The number of rotatable bonds is 4. The van der Waals surface area contributed by atoms with E-state index in [0.29, 0.717) is 12.6 Å². The van der Waals surface area contributed by atoms with Crippen LogP contribution in [-0.2, 0) is 4.79 Å². The Balaban J connectivity index is 0.00000220. The molecule has 1 amide bonds. The minimum atomic E-state index is 0.